The van der Waals surface area contributed by atoms with Gasteiger partial charge in [-0.25, -0.2) is 13.4 Å². The summed E-state index contributed by atoms with van der Waals surface area (Å²) >= 11 is 1.54. The number of nitrogens with zero attached hydrogens (tertiary/aromatic N) is 3. The van der Waals surface area contributed by atoms with Crippen LogP contribution in [0, 0.1) is 0 Å². The van der Waals surface area contributed by atoms with Gasteiger partial charge in [-0.1, -0.05) is 12.1 Å². The monoisotopic (exact) mass is 514 g/mol. The van der Waals surface area contributed by atoms with E-state index in [1.165, 1.54) is 10.6 Å². The molecular weight excluding hydrogens is 484 g/mol. The Bertz CT molecular complexity index is 1330. The second-order valence-corrected chi connectivity index (χ2v) is 12.2. The van der Waals surface area contributed by atoms with Crippen molar-refractivity contribution in [2.24, 2.45) is 5.73 Å². The largest absolute Gasteiger partial charge is 0.369 e. The van der Waals surface area contributed by atoms with Gasteiger partial charge in [-0.15, -0.1) is 11.3 Å². The molecule has 0 radical (unpaired) electrons. The van der Waals surface area contributed by atoms with Crippen LogP contribution >= 0.6 is 11.3 Å². The lowest BCUT2D eigenvalue weighted by atomic mass is 10.1. The molecule has 4 heterocycles. The van der Waals surface area contributed by atoms with Gasteiger partial charge in [0.15, 0.2) is 0 Å². The number of nitrogens with one attached hydrogen (secondary N) is 2. The summed E-state index contributed by atoms with van der Waals surface area (Å²) in [5, 5.41) is 7.87. The van der Waals surface area contributed by atoms with Gasteiger partial charge in [-0.2, -0.15) is 4.31 Å². The lowest BCUT2D eigenvalue weighted by Crippen LogP contribution is -2.48. The Morgan fingerprint density at radius 1 is 1.20 bits per heavy atom. The number of carbonyl (C=O) groups is 1. The summed E-state index contributed by atoms with van der Waals surface area (Å²) in [7, 11) is -3.15. The number of benzene rings is 1. The number of hydrogen-bond acceptors (Lipinski definition) is 8. The molecule has 0 spiro atoms. The van der Waals surface area contributed by atoms with Crippen LogP contribution in [0.2, 0.25) is 0 Å². The summed E-state index contributed by atoms with van der Waals surface area (Å²) in [5.74, 6) is 0.298. The van der Waals surface area contributed by atoms with Crippen LogP contribution in [0.25, 0.3) is 20.5 Å². The third-order valence-electron chi connectivity index (χ3n) is 6.68. The molecule has 1 amide bonds. The Kier molecular flexibility index (Phi) is 6.67. The number of rotatable bonds is 6. The number of anilines is 2. The Hall–Kier alpha value is -2.73. The fourth-order valence-electron chi connectivity index (χ4n) is 4.74. The van der Waals surface area contributed by atoms with E-state index in [0.717, 1.165) is 58.0 Å². The molecule has 9 nitrogen and oxygen atoms in total. The van der Waals surface area contributed by atoms with Gasteiger partial charge in [-0.3, -0.25) is 4.79 Å². The minimum Gasteiger partial charge on any atom is -0.369 e. The third kappa shape index (κ3) is 5.13. The van der Waals surface area contributed by atoms with Gasteiger partial charge in [0.2, 0.25) is 10.0 Å². The summed E-state index contributed by atoms with van der Waals surface area (Å²) in [6.07, 6.45) is 5.02. The predicted octanol–water partition coefficient (Wildman–Crippen LogP) is 2.31. The van der Waals surface area contributed by atoms with E-state index >= 15 is 0 Å². The van der Waals surface area contributed by atoms with Gasteiger partial charge in [0.05, 0.1) is 16.5 Å². The van der Waals surface area contributed by atoms with Crippen molar-refractivity contribution in [3.63, 3.8) is 0 Å². The highest BCUT2D eigenvalue weighted by Crippen LogP contribution is 2.39. The second-order valence-electron chi connectivity index (χ2n) is 9.12. The summed E-state index contributed by atoms with van der Waals surface area (Å²) in [6.45, 7) is 4.23. The van der Waals surface area contributed by atoms with E-state index in [-0.39, 0.29) is 0 Å². The van der Waals surface area contributed by atoms with Crippen LogP contribution in [0.1, 0.15) is 23.2 Å². The second kappa shape index (κ2) is 9.73. The SMILES string of the molecule is CS(=O)(=O)N1CCN(c2ccc(-c3cc4c(N[C@H]5CCCNC5)ncc(C(N)=O)c4s3)cc2)CC1. The molecule has 1 aromatic carbocycles. The first-order valence-electron chi connectivity index (χ1n) is 11.8. The molecule has 3 aromatic rings. The van der Waals surface area contributed by atoms with Crippen molar-refractivity contribution in [2.75, 3.05) is 55.7 Å². The summed E-state index contributed by atoms with van der Waals surface area (Å²) in [5.41, 5.74) is 8.20. The highest BCUT2D eigenvalue weighted by atomic mass is 32.2. The van der Waals surface area contributed by atoms with Gasteiger partial charge in [0, 0.05) is 60.9 Å². The number of fused-ring (bicyclic) bond motifs is 1. The zero-order chi connectivity index (χ0) is 24.6. The van der Waals surface area contributed by atoms with Crippen molar-refractivity contribution in [1.82, 2.24) is 14.6 Å². The topological polar surface area (TPSA) is 121 Å². The molecule has 0 aliphatic carbocycles. The van der Waals surface area contributed by atoms with Crippen molar-refractivity contribution in [3.8, 4) is 10.4 Å². The molecular formula is C24H30N6O3S2. The fourth-order valence-corrected chi connectivity index (χ4v) is 6.75. The molecule has 2 aliphatic heterocycles. The predicted molar refractivity (Wildman–Crippen MR) is 142 cm³/mol. The van der Waals surface area contributed by atoms with Crippen LogP contribution in [0.4, 0.5) is 11.5 Å². The first-order chi connectivity index (χ1) is 16.8. The van der Waals surface area contributed by atoms with Gasteiger partial charge in [0.1, 0.15) is 5.82 Å². The quantitative estimate of drug-likeness (QED) is 0.462. The number of thiophene rings is 1. The molecule has 0 bridgehead atoms. The summed E-state index contributed by atoms with van der Waals surface area (Å²) < 4.78 is 25.9. The first kappa shape index (κ1) is 24.0. The number of carbonyl (C=O) groups excluding carboxylic acids is 1. The smallest absolute Gasteiger partial charge is 0.251 e. The average Bonchev–Trinajstić information content (AvgIpc) is 3.30. The number of amides is 1. The maximum atomic E-state index is 12.1. The van der Waals surface area contributed by atoms with Crippen LogP contribution in [0.5, 0.6) is 0 Å². The molecule has 2 aliphatic rings. The summed E-state index contributed by atoms with van der Waals surface area (Å²) in [4.78, 5) is 19.9. The number of piperazine rings is 1. The van der Waals surface area contributed by atoms with E-state index in [0.29, 0.717) is 37.8 Å². The molecule has 0 unspecified atom stereocenters. The molecule has 11 heteroatoms. The third-order valence-corrected chi connectivity index (χ3v) is 9.20. The minimum atomic E-state index is -3.15. The molecule has 0 saturated carbocycles. The van der Waals surface area contributed by atoms with Gasteiger partial charge in [0.25, 0.3) is 5.91 Å². The maximum absolute atomic E-state index is 12.1. The van der Waals surface area contributed by atoms with Crippen molar-refractivity contribution >= 4 is 48.9 Å². The molecule has 5 rings (SSSR count). The van der Waals surface area contributed by atoms with E-state index in [4.69, 9.17) is 5.73 Å². The van der Waals surface area contributed by atoms with Crippen LogP contribution in [-0.2, 0) is 10.0 Å². The molecule has 4 N–H and O–H groups in total. The highest BCUT2D eigenvalue weighted by molar-refractivity contribution is 7.88. The number of piperidine rings is 1. The number of nitrogens with two attached hydrogens (primary N) is 1. The van der Waals surface area contributed by atoms with E-state index in [1.807, 2.05) is 0 Å². The van der Waals surface area contributed by atoms with Gasteiger partial charge in [-0.05, 0) is 43.1 Å². The van der Waals surface area contributed by atoms with E-state index in [9.17, 15) is 13.2 Å². The lowest BCUT2D eigenvalue weighted by molar-refractivity contribution is 0.100. The van der Waals surface area contributed by atoms with E-state index < -0.39 is 15.9 Å². The Morgan fingerprint density at radius 3 is 2.57 bits per heavy atom. The molecule has 35 heavy (non-hydrogen) atoms. The van der Waals surface area contributed by atoms with Crippen molar-refractivity contribution in [2.45, 2.75) is 18.9 Å². The fraction of sp³-hybridized carbons (Fsp3) is 0.417. The molecule has 186 valence electrons. The number of hydrogen-bond donors (Lipinski definition) is 3. The molecule has 2 aromatic heterocycles. The highest BCUT2D eigenvalue weighted by Gasteiger charge is 2.24. The molecule has 2 saturated heterocycles. The Balaban J connectivity index is 1.40. The van der Waals surface area contributed by atoms with E-state index in [1.54, 1.807) is 17.5 Å². The first-order valence-corrected chi connectivity index (χ1v) is 14.5. The van der Waals surface area contributed by atoms with Crippen LogP contribution < -0.4 is 21.3 Å². The van der Waals surface area contributed by atoms with Crippen LogP contribution in [0.15, 0.2) is 36.5 Å². The molecule has 2 fully saturated rings. The van der Waals surface area contributed by atoms with Crippen LogP contribution in [-0.4, -0.2) is 75.2 Å². The number of pyridine rings is 1. The normalized spacial score (nSPS) is 19.7. The zero-order valence-corrected chi connectivity index (χ0v) is 21.3. The molecule has 1 atom stereocenters. The average molecular weight is 515 g/mol. The van der Waals surface area contributed by atoms with Gasteiger partial charge < -0.3 is 21.3 Å². The number of aromatic nitrogens is 1. The number of sulfonamides is 1. The Labute approximate surface area is 209 Å². The zero-order valence-electron chi connectivity index (χ0n) is 19.7. The van der Waals surface area contributed by atoms with E-state index in [2.05, 4.69) is 50.8 Å². The number of primary amides is 1. The summed E-state index contributed by atoms with van der Waals surface area (Å²) in [6, 6.07) is 10.6. The van der Waals surface area contributed by atoms with Crippen molar-refractivity contribution in [1.29, 1.82) is 0 Å². The van der Waals surface area contributed by atoms with Crippen molar-refractivity contribution in [3.05, 3.63) is 42.1 Å². The standard InChI is InChI=1S/C24H30N6O3S2/c1-35(32,33)30-11-9-29(10-12-30)18-6-4-16(5-7-18)21-13-19-22(34-21)20(23(25)31)15-27-24(19)28-17-3-2-8-26-14-17/h4-7,13,15,17,26H,2-3,8-12,14H2,1H3,(H2,25,31)(H,27,28)/t17-/m0/s1. The Morgan fingerprint density at radius 2 is 1.94 bits per heavy atom. The lowest BCUT2D eigenvalue weighted by Gasteiger charge is -2.34. The maximum Gasteiger partial charge on any atom is 0.251 e. The van der Waals surface area contributed by atoms with Crippen LogP contribution in [0.3, 0.4) is 0 Å². The van der Waals surface area contributed by atoms with Crippen molar-refractivity contribution < 1.29 is 13.2 Å². The van der Waals surface area contributed by atoms with Gasteiger partial charge >= 0.3 is 0 Å². The minimum absolute atomic E-state index is 0.296.